The van der Waals surface area contributed by atoms with Crippen molar-refractivity contribution in [1.82, 2.24) is 9.80 Å². The molecular weight excluding hydrogens is 412 g/mol. The molecule has 0 spiro atoms. The third-order valence-corrected chi connectivity index (χ3v) is 6.06. The second-order valence-electron chi connectivity index (χ2n) is 8.94. The molecule has 1 aromatic heterocycles. The average Bonchev–Trinajstić information content (AvgIpc) is 3.55. The highest BCUT2D eigenvalue weighted by molar-refractivity contribution is 5.86. The second kappa shape index (κ2) is 11.0. The summed E-state index contributed by atoms with van der Waals surface area (Å²) in [5.41, 5.74) is 2.16. The van der Waals surface area contributed by atoms with Gasteiger partial charge in [-0.2, -0.15) is 0 Å². The smallest absolute Gasteiger partial charge is 0.242 e. The molecule has 0 aliphatic heterocycles. The summed E-state index contributed by atoms with van der Waals surface area (Å²) in [4.78, 5) is 30.1. The van der Waals surface area contributed by atoms with Gasteiger partial charge < -0.3 is 14.2 Å². The second-order valence-corrected chi connectivity index (χ2v) is 8.94. The number of carbonyl (C=O) groups is 2. The Morgan fingerprint density at radius 2 is 1.52 bits per heavy atom. The zero-order valence-corrected chi connectivity index (χ0v) is 19.3. The molecular formula is C28H32N2O3. The van der Waals surface area contributed by atoms with Crippen LogP contribution in [-0.4, -0.2) is 41.2 Å². The molecule has 4 rings (SSSR count). The summed E-state index contributed by atoms with van der Waals surface area (Å²) in [5, 5.41) is 0. The fraction of sp³-hybridized carbons (Fsp3) is 0.357. The van der Waals surface area contributed by atoms with Crippen LogP contribution in [0.3, 0.4) is 0 Å². The molecule has 2 aromatic carbocycles. The molecule has 1 fully saturated rings. The number of carbonyl (C=O) groups excluding carboxylic acids is 2. The van der Waals surface area contributed by atoms with Gasteiger partial charge in [-0.3, -0.25) is 9.59 Å². The normalized spacial score (nSPS) is 13.0. The molecule has 0 unspecified atom stereocenters. The fourth-order valence-electron chi connectivity index (χ4n) is 3.97. The van der Waals surface area contributed by atoms with Crippen molar-refractivity contribution >= 4 is 11.8 Å². The van der Waals surface area contributed by atoms with Crippen molar-refractivity contribution in [2.45, 2.75) is 39.2 Å². The molecule has 1 aliphatic rings. The third-order valence-electron chi connectivity index (χ3n) is 6.06. The molecule has 0 radical (unpaired) electrons. The van der Waals surface area contributed by atoms with Crippen LogP contribution < -0.4 is 0 Å². The number of furan rings is 1. The molecule has 5 heteroatoms. The van der Waals surface area contributed by atoms with Gasteiger partial charge in [0.05, 0.1) is 19.5 Å². The number of aryl methyl sites for hydroxylation is 1. The Hall–Kier alpha value is -3.34. The first-order valence-electron chi connectivity index (χ1n) is 11.8. The lowest BCUT2D eigenvalue weighted by molar-refractivity contribution is -0.140. The quantitative estimate of drug-likeness (QED) is 0.433. The van der Waals surface area contributed by atoms with E-state index in [2.05, 4.69) is 12.1 Å². The number of benzene rings is 2. The zero-order chi connectivity index (χ0) is 23.0. The summed E-state index contributed by atoms with van der Waals surface area (Å²) in [7, 11) is 0. The maximum absolute atomic E-state index is 13.4. The maximum atomic E-state index is 13.4. The predicted octanol–water partition coefficient (Wildman–Crippen LogP) is 4.64. The minimum Gasteiger partial charge on any atom is -0.464 e. The Morgan fingerprint density at radius 3 is 2.12 bits per heavy atom. The highest BCUT2D eigenvalue weighted by Crippen LogP contribution is 2.30. The van der Waals surface area contributed by atoms with E-state index in [1.165, 1.54) is 5.56 Å². The van der Waals surface area contributed by atoms with Crippen molar-refractivity contribution in [3.8, 4) is 0 Å². The summed E-state index contributed by atoms with van der Waals surface area (Å²) in [5.74, 6) is 2.08. The Labute approximate surface area is 196 Å². The van der Waals surface area contributed by atoms with Crippen LogP contribution in [0.5, 0.6) is 0 Å². The number of rotatable bonds is 11. The van der Waals surface area contributed by atoms with Crippen LogP contribution in [0.15, 0.2) is 77.2 Å². The van der Waals surface area contributed by atoms with Crippen molar-refractivity contribution in [2.75, 3.05) is 19.6 Å². The standard InChI is InChI=1S/C28H32N2O3/c1-22-12-15-26(33-22)20-29(17-16-23-8-4-2-5-9-23)28(32)21-30(19-25-13-14-25)27(31)18-24-10-6-3-7-11-24/h2-12,15,25H,13-14,16-21H2,1H3. The first kappa shape index (κ1) is 22.8. The SMILES string of the molecule is Cc1ccc(CN(CCc2ccccc2)C(=O)CN(CC2CC2)C(=O)Cc2ccccc2)o1. The molecule has 0 saturated heterocycles. The summed E-state index contributed by atoms with van der Waals surface area (Å²) in [6.45, 7) is 3.65. The topological polar surface area (TPSA) is 53.8 Å². The van der Waals surface area contributed by atoms with Gasteiger partial charge in [-0.05, 0) is 55.4 Å². The number of hydrogen-bond donors (Lipinski definition) is 0. The molecule has 1 heterocycles. The Balaban J connectivity index is 1.45. The molecule has 172 valence electrons. The van der Waals surface area contributed by atoms with Gasteiger partial charge in [0, 0.05) is 13.1 Å². The molecule has 3 aromatic rings. The molecule has 1 aliphatic carbocycles. The van der Waals surface area contributed by atoms with Gasteiger partial charge in [0.25, 0.3) is 0 Å². The lowest BCUT2D eigenvalue weighted by Crippen LogP contribution is -2.44. The van der Waals surface area contributed by atoms with Gasteiger partial charge in [-0.25, -0.2) is 0 Å². The number of amides is 2. The molecule has 0 N–H and O–H groups in total. The van der Waals surface area contributed by atoms with Crippen molar-refractivity contribution in [2.24, 2.45) is 5.92 Å². The zero-order valence-electron chi connectivity index (χ0n) is 19.3. The van der Waals surface area contributed by atoms with E-state index in [-0.39, 0.29) is 18.4 Å². The minimum atomic E-state index is -0.0398. The lowest BCUT2D eigenvalue weighted by atomic mass is 10.1. The van der Waals surface area contributed by atoms with E-state index < -0.39 is 0 Å². The van der Waals surface area contributed by atoms with E-state index in [0.717, 1.165) is 36.3 Å². The summed E-state index contributed by atoms with van der Waals surface area (Å²) >= 11 is 0. The summed E-state index contributed by atoms with van der Waals surface area (Å²) in [6.07, 6.45) is 3.34. The highest BCUT2D eigenvalue weighted by atomic mass is 16.3. The average molecular weight is 445 g/mol. The monoisotopic (exact) mass is 444 g/mol. The van der Waals surface area contributed by atoms with E-state index in [1.807, 2.05) is 72.5 Å². The van der Waals surface area contributed by atoms with Gasteiger partial charge in [-0.1, -0.05) is 60.7 Å². The first-order valence-corrected chi connectivity index (χ1v) is 11.8. The van der Waals surface area contributed by atoms with E-state index in [9.17, 15) is 9.59 Å². The van der Waals surface area contributed by atoms with Gasteiger partial charge >= 0.3 is 0 Å². The predicted molar refractivity (Wildman–Crippen MR) is 128 cm³/mol. The number of hydrogen-bond acceptors (Lipinski definition) is 3. The summed E-state index contributed by atoms with van der Waals surface area (Å²) in [6, 6.07) is 23.7. The van der Waals surface area contributed by atoms with Crippen LogP contribution in [0.25, 0.3) is 0 Å². The van der Waals surface area contributed by atoms with E-state index in [0.29, 0.717) is 32.0 Å². The molecule has 1 saturated carbocycles. The van der Waals surface area contributed by atoms with Crippen molar-refractivity contribution in [1.29, 1.82) is 0 Å². The van der Waals surface area contributed by atoms with Gasteiger partial charge in [0.15, 0.2) is 0 Å². The largest absolute Gasteiger partial charge is 0.464 e. The van der Waals surface area contributed by atoms with Crippen LogP contribution in [0.1, 0.15) is 35.5 Å². The van der Waals surface area contributed by atoms with Crippen LogP contribution >= 0.6 is 0 Å². The van der Waals surface area contributed by atoms with Crippen LogP contribution in [0.4, 0.5) is 0 Å². The Bertz CT molecular complexity index is 1040. The van der Waals surface area contributed by atoms with Gasteiger partial charge in [0.2, 0.25) is 11.8 Å². The highest BCUT2D eigenvalue weighted by Gasteiger charge is 2.29. The first-order chi connectivity index (χ1) is 16.1. The molecule has 5 nitrogen and oxygen atoms in total. The van der Waals surface area contributed by atoms with Crippen LogP contribution in [0, 0.1) is 12.8 Å². The molecule has 0 atom stereocenters. The third kappa shape index (κ3) is 7.07. The van der Waals surface area contributed by atoms with Gasteiger partial charge in [-0.15, -0.1) is 0 Å². The van der Waals surface area contributed by atoms with Crippen LogP contribution in [-0.2, 0) is 29.0 Å². The van der Waals surface area contributed by atoms with Gasteiger partial charge in [0.1, 0.15) is 11.5 Å². The van der Waals surface area contributed by atoms with E-state index in [1.54, 1.807) is 4.90 Å². The number of nitrogens with zero attached hydrogens (tertiary/aromatic N) is 2. The molecule has 33 heavy (non-hydrogen) atoms. The van der Waals surface area contributed by atoms with Crippen molar-refractivity contribution in [3.05, 3.63) is 95.4 Å². The minimum absolute atomic E-state index is 0.0123. The van der Waals surface area contributed by atoms with Crippen molar-refractivity contribution < 1.29 is 14.0 Å². The van der Waals surface area contributed by atoms with Crippen molar-refractivity contribution in [3.63, 3.8) is 0 Å². The van der Waals surface area contributed by atoms with E-state index >= 15 is 0 Å². The maximum Gasteiger partial charge on any atom is 0.242 e. The molecule has 0 bridgehead atoms. The van der Waals surface area contributed by atoms with E-state index in [4.69, 9.17) is 4.42 Å². The van der Waals surface area contributed by atoms with Crippen LogP contribution in [0.2, 0.25) is 0 Å². The lowest BCUT2D eigenvalue weighted by Gasteiger charge is -2.27. The Morgan fingerprint density at radius 1 is 0.848 bits per heavy atom. The summed E-state index contributed by atoms with van der Waals surface area (Å²) < 4.78 is 5.75. The fourth-order valence-corrected chi connectivity index (χ4v) is 3.97. The Kier molecular flexibility index (Phi) is 7.61. The molecule has 2 amide bonds.